The quantitative estimate of drug-likeness (QED) is 0.554. The average molecular weight is 356 g/mol. The highest BCUT2D eigenvalue weighted by atomic mass is 16.2. The van der Waals surface area contributed by atoms with Gasteiger partial charge in [0.2, 0.25) is 11.8 Å². The van der Waals surface area contributed by atoms with E-state index in [9.17, 15) is 9.59 Å². The molecule has 1 aromatic carbocycles. The Labute approximate surface area is 154 Å². The Morgan fingerprint density at radius 2 is 1.92 bits per heavy atom. The molecular formula is C20H28N4O2. The number of benzene rings is 1. The Morgan fingerprint density at radius 3 is 2.58 bits per heavy atom. The van der Waals surface area contributed by atoms with Gasteiger partial charge in [-0.3, -0.25) is 9.59 Å². The minimum Gasteiger partial charge on any atom is -0.352 e. The summed E-state index contributed by atoms with van der Waals surface area (Å²) in [7, 11) is 0. The van der Waals surface area contributed by atoms with Gasteiger partial charge in [-0.25, -0.2) is 4.98 Å². The molecule has 0 aliphatic carbocycles. The van der Waals surface area contributed by atoms with Gasteiger partial charge in [0.1, 0.15) is 12.4 Å². The van der Waals surface area contributed by atoms with Gasteiger partial charge in [-0.15, -0.1) is 0 Å². The van der Waals surface area contributed by atoms with Crippen molar-refractivity contribution in [1.29, 1.82) is 0 Å². The van der Waals surface area contributed by atoms with Crippen LogP contribution in [0.4, 0.5) is 0 Å². The fraction of sp³-hybridized carbons (Fsp3) is 0.450. The van der Waals surface area contributed by atoms with E-state index in [1.54, 1.807) is 6.92 Å². The van der Waals surface area contributed by atoms with Crippen molar-refractivity contribution in [2.24, 2.45) is 0 Å². The van der Waals surface area contributed by atoms with E-state index in [2.05, 4.69) is 11.9 Å². The van der Waals surface area contributed by atoms with Crippen molar-refractivity contribution >= 4 is 22.8 Å². The number of nitrogens with zero attached hydrogens (tertiary/aromatic N) is 3. The fourth-order valence-corrected chi connectivity index (χ4v) is 2.90. The molecule has 1 aromatic heterocycles. The van der Waals surface area contributed by atoms with E-state index in [0.29, 0.717) is 31.6 Å². The van der Waals surface area contributed by atoms with Gasteiger partial charge in [-0.2, -0.15) is 0 Å². The first-order valence-electron chi connectivity index (χ1n) is 9.13. The number of rotatable bonds is 9. The van der Waals surface area contributed by atoms with Gasteiger partial charge in [0, 0.05) is 31.6 Å². The largest absolute Gasteiger partial charge is 0.352 e. The van der Waals surface area contributed by atoms with Crippen LogP contribution in [0.2, 0.25) is 0 Å². The van der Waals surface area contributed by atoms with Crippen LogP contribution in [0, 0.1) is 0 Å². The summed E-state index contributed by atoms with van der Waals surface area (Å²) in [5, 5.41) is 2.83. The molecule has 0 radical (unpaired) electrons. The first kappa shape index (κ1) is 19.7. The molecule has 0 spiro atoms. The number of para-hydroxylation sites is 2. The highest BCUT2D eigenvalue weighted by Crippen LogP contribution is 2.17. The molecule has 2 rings (SSSR count). The minimum absolute atomic E-state index is 0.0926. The number of hydrogen-bond acceptors (Lipinski definition) is 3. The van der Waals surface area contributed by atoms with E-state index < -0.39 is 0 Å². The van der Waals surface area contributed by atoms with E-state index in [4.69, 9.17) is 4.98 Å². The van der Waals surface area contributed by atoms with Crippen LogP contribution < -0.4 is 5.32 Å². The molecule has 6 nitrogen and oxygen atoms in total. The van der Waals surface area contributed by atoms with E-state index in [-0.39, 0.29) is 18.4 Å². The SMILES string of the molecule is C=C(C)C(=O)NCCCc1nc2ccccc2n1CC(=O)N(CC)CC. The predicted octanol–water partition coefficient (Wildman–Crippen LogP) is 2.53. The molecule has 0 aliphatic rings. The van der Waals surface area contributed by atoms with Crippen molar-refractivity contribution in [1.82, 2.24) is 19.8 Å². The van der Waals surface area contributed by atoms with Crippen molar-refractivity contribution in [3.63, 3.8) is 0 Å². The summed E-state index contributed by atoms with van der Waals surface area (Å²) in [5.41, 5.74) is 2.36. The zero-order chi connectivity index (χ0) is 19.1. The zero-order valence-corrected chi connectivity index (χ0v) is 15.9. The van der Waals surface area contributed by atoms with Crippen molar-refractivity contribution in [3.05, 3.63) is 42.2 Å². The third-order valence-corrected chi connectivity index (χ3v) is 4.39. The standard InChI is InChI=1S/C20H28N4O2/c1-5-23(6-2)19(25)14-24-17-11-8-7-10-16(17)22-18(24)12-9-13-21-20(26)15(3)4/h7-8,10-11H,3,5-6,9,12-14H2,1-2,4H3,(H,21,26). The number of imidazole rings is 1. The summed E-state index contributed by atoms with van der Waals surface area (Å²) in [4.78, 5) is 30.7. The van der Waals surface area contributed by atoms with Gasteiger partial charge in [0.25, 0.3) is 0 Å². The monoisotopic (exact) mass is 356 g/mol. The summed E-state index contributed by atoms with van der Waals surface area (Å²) < 4.78 is 2.00. The molecule has 2 aromatic rings. The van der Waals surface area contributed by atoms with Crippen LogP contribution in [0.3, 0.4) is 0 Å². The molecule has 140 valence electrons. The lowest BCUT2D eigenvalue weighted by molar-refractivity contribution is -0.131. The number of amides is 2. The Kier molecular flexibility index (Phi) is 6.95. The molecule has 0 unspecified atom stereocenters. The second-order valence-electron chi connectivity index (χ2n) is 6.31. The second kappa shape index (κ2) is 9.17. The van der Waals surface area contributed by atoms with Crippen LogP contribution in [-0.2, 0) is 22.6 Å². The van der Waals surface area contributed by atoms with Crippen LogP contribution in [0.25, 0.3) is 11.0 Å². The molecule has 0 saturated carbocycles. The number of nitrogens with one attached hydrogen (secondary N) is 1. The van der Waals surface area contributed by atoms with Crippen molar-refractivity contribution < 1.29 is 9.59 Å². The van der Waals surface area contributed by atoms with Crippen LogP contribution >= 0.6 is 0 Å². The minimum atomic E-state index is -0.129. The highest BCUT2D eigenvalue weighted by Gasteiger charge is 2.16. The van der Waals surface area contributed by atoms with Gasteiger partial charge >= 0.3 is 0 Å². The number of hydrogen-bond donors (Lipinski definition) is 1. The molecule has 0 atom stereocenters. The number of aryl methyl sites for hydroxylation is 1. The summed E-state index contributed by atoms with van der Waals surface area (Å²) in [5.74, 6) is 0.835. The molecule has 1 heterocycles. The molecule has 0 saturated heterocycles. The normalized spacial score (nSPS) is 10.7. The number of aromatic nitrogens is 2. The van der Waals surface area contributed by atoms with Gasteiger partial charge in [0.05, 0.1) is 11.0 Å². The van der Waals surface area contributed by atoms with Crippen molar-refractivity contribution in [3.8, 4) is 0 Å². The summed E-state index contributed by atoms with van der Waals surface area (Å²) in [6.45, 7) is 11.5. The van der Waals surface area contributed by atoms with E-state index >= 15 is 0 Å². The number of likely N-dealkylation sites (N-methyl/N-ethyl adjacent to an activating group) is 1. The van der Waals surface area contributed by atoms with E-state index in [1.165, 1.54) is 0 Å². The van der Waals surface area contributed by atoms with Crippen LogP contribution in [-0.4, -0.2) is 45.9 Å². The maximum atomic E-state index is 12.6. The summed E-state index contributed by atoms with van der Waals surface area (Å²) >= 11 is 0. The lowest BCUT2D eigenvalue weighted by Crippen LogP contribution is -2.33. The van der Waals surface area contributed by atoms with E-state index in [0.717, 1.165) is 23.3 Å². The topological polar surface area (TPSA) is 67.2 Å². The smallest absolute Gasteiger partial charge is 0.246 e. The Balaban J connectivity index is 2.14. The number of carbonyl (C=O) groups is 2. The Bertz CT molecular complexity index is 790. The molecule has 6 heteroatoms. The second-order valence-corrected chi connectivity index (χ2v) is 6.31. The molecular weight excluding hydrogens is 328 g/mol. The molecule has 0 bridgehead atoms. The first-order chi connectivity index (χ1) is 12.5. The van der Waals surface area contributed by atoms with Gasteiger partial charge < -0.3 is 14.8 Å². The lowest BCUT2D eigenvalue weighted by atomic mass is 10.2. The van der Waals surface area contributed by atoms with Crippen LogP contribution in [0.1, 0.15) is 33.0 Å². The predicted molar refractivity (Wildman–Crippen MR) is 104 cm³/mol. The first-order valence-corrected chi connectivity index (χ1v) is 9.13. The molecule has 26 heavy (non-hydrogen) atoms. The summed E-state index contributed by atoms with van der Waals surface area (Å²) in [6.07, 6.45) is 1.44. The highest BCUT2D eigenvalue weighted by molar-refractivity contribution is 5.92. The Hall–Kier alpha value is -2.63. The maximum absolute atomic E-state index is 12.6. The van der Waals surface area contributed by atoms with Crippen LogP contribution in [0.15, 0.2) is 36.4 Å². The maximum Gasteiger partial charge on any atom is 0.246 e. The van der Waals surface area contributed by atoms with Gasteiger partial charge in [0.15, 0.2) is 0 Å². The lowest BCUT2D eigenvalue weighted by Gasteiger charge is -2.20. The number of carbonyl (C=O) groups excluding carboxylic acids is 2. The third kappa shape index (κ3) is 4.71. The van der Waals surface area contributed by atoms with Crippen LogP contribution in [0.5, 0.6) is 0 Å². The fourth-order valence-electron chi connectivity index (χ4n) is 2.90. The Morgan fingerprint density at radius 1 is 1.23 bits per heavy atom. The van der Waals surface area contributed by atoms with E-state index in [1.807, 2.05) is 47.6 Å². The van der Waals surface area contributed by atoms with Crippen molar-refractivity contribution in [2.45, 2.75) is 40.2 Å². The molecule has 2 amide bonds. The molecule has 0 aliphatic heterocycles. The average Bonchev–Trinajstić information content (AvgIpc) is 2.97. The van der Waals surface area contributed by atoms with Crippen molar-refractivity contribution in [2.75, 3.05) is 19.6 Å². The van der Waals surface area contributed by atoms with Gasteiger partial charge in [-0.05, 0) is 39.3 Å². The molecule has 1 N–H and O–H groups in total. The zero-order valence-electron chi connectivity index (χ0n) is 15.9. The third-order valence-electron chi connectivity index (χ3n) is 4.39. The number of fused-ring (bicyclic) bond motifs is 1. The molecule has 0 fully saturated rings. The summed E-state index contributed by atoms with van der Waals surface area (Å²) in [6, 6.07) is 7.85. The van der Waals surface area contributed by atoms with Gasteiger partial charge in [-0.1, -0.05) is 18.7 Å².